The first-order valence-corrected chi connectivity index (χ1v) is 6.30. The molecule has 0 atom stereocenters. The number of hydrogen-bond donors (Lipinski definition) is 0. The molecule has 0 saturated carbocycles. The number of hydrogen-bond acceptors (Lipinski definition) is 5. The molecule has 6 heteroatoms. The van der Waals surface area contributed by atoms with Gasteiger partial charge in [-0.05, 0) is 35.9 Å². The fraction of sp³-hybridized carbons (Fsp3) is 0.143. The summed E-state index contributed by atoms with van der Waals surface area (Å²) in [5.41, 5.74) is 2.10. The van der Waals surface area contributed by atoms with Crippen LogP contribution in [0.1, 0.15) is 5.69 Å². The highest BCUT2D eigenvalue weighted by Gasteiger charge is 2.05. The molecule has 2 aromatic heterocycles. The topological polar surface area (TPSA) is 57.4 Å². The number of fused-ring (bicyclic) bond motifs is 1. The second kappa shape index (κ2) is 5.38. The van der Waals surface area contributed by atoms with Gasteiger partial charge in [0, 0.05) is 6.07 Å². The number of rotatable bonds is 4. The van der Waals surface area contributed by atoms with E-state index in [-0.39, 0.29) is 5.35 Å². The maximum absolute atomic E-state index is 5.70. The van der Waals surface area contributed by atoms with Gasteiger partial charge in [0.1, 0.15) is 23.6 Å². The zero-order chi connectivity index (χ0) is 13.9. The molecular formula is C14H11ClN2O3. The maximum atomic E-state index is 5.70. The van der Waals surface area contributed by atoms with Gasteiger partial charge in [-0.15, -0.1) is 0 Å². The van der Waals surface area contributed by atoms with Gasteiger partial charge in [-0.1, -0.05) is 0 Å². The van der Waals surface area contributed by atoms with Crippen molar-refractivity contribution in [3.05, 3.63) is 47.6 Å². The van der Waals surface area contributed by atoms with Crippen LogP contribution < -0.4 is 9.47 Å². The second-order valence-electron chi connectivity index (χ2n) is 4.07. The SMILES string of the molecule is COc1ccc(COc2ccc3oc(Cl)nc3c2)nc1. The van der Waals surface area contributed by atoms with Crippen LogP contribution in [0.4, 0.5) is 0 Å². The van der Waals surface area contributed by atoms with E-state index in [9.17, 15) is 0 Å². The first-order valence-electron chi connectivity index (χ1n) is 5.92. The summed E-state index contributed by atoms with van der Waals surface area (Å²) in [5.74, 6) is 1.40. The van der Waals surface area contributed by atoms with Crippen molar-refractivity contribution in [1.29, 1.82) is 0 Å². The molecule has 0 amide bonds. The van der Waals surface area contributed by atoms with Crippen LogP contribution in [0.3, 0.4) is 0 Å². The lowest BCUT2D eigenvalue weighted by atomic mass is 10.3. The molecular weight excluding hydrogens is 280 g/mol. The van der Waals surface area contributed by atoms with Crippen LogP contribution in [0.2, 0.25) is 5.35 Å². The monoisotopic (exact) mass is 290 g/mol. The number of oxazole rings is 1. The summed E-state index contributed by atoms with van der Waals surface area (Å²) in [6.45, 7) is 0.362. The fourth-order valence-corrected chi connectivity index (χ4v) is 1.92. The lowest BCUT2D eigenvalue weighted by Gasteiger charge is -2.06. The van der Waals surface area contributed by atoms with Crippen molar-refractivity contribution in [3.8, 4) is 11.5 Å². The average Bonchev–Trinajstić information content (AvgIpc) is 2.85. The molecule has 0 unspecified atom stereocenters. The highest BCUT2D eigenvalue weighted by Crippen LogP contribution is 2.24. The molecule has 20 heavy (non-hydrogen) atoms. The largest absolute Gasteiger partial charge is 0.495 e. The minimum Gasteiger partial charge on any atom is -0.495 e. The van der Waals surface area contributed by atoms with Crippen LogP contribution in [0.5, 0.6) is 11.5 Å². The normalized spacial score (nSPS) is 10.7. The maximum Gasteiger partial charge on any atom is 0.293 e. The van der Waals surface area contributed by atoms with Crippen molar-refractivity contribution in [2.75, 3.05) is 7.11 Å². The predicted molar refractivity (Wildman–Crippen MR) is 74.1 cm³/mol. The number of methoxy groups -OCH3 is 1. The molecule has 102 valence electrons. The van der Waals surface area contributed by atoms with Crippen molar-refractivity contribution in [2.24, 2.45) is 0 Å². The van der Waals surface area contributed by atoms with E-state index in [4.69, 9.17) is 25.5 Å². The third-order valence-electron chi connectivity index (χ3n) is 2.75. The van der Waals surface area contributed by atoms with Crippen molar-refractivity contribution in [2.45, 2.75) is 6.61 Å². The van der Waals surface area contributed by atoms with Gasteiger partial charge in [0.15, 0.2) is 5.58 Å². The van der Waals surface area contributed by atoms with Crippen molar-refractivity contribution < 1.29 is 13.9 Å². The Hall–Kier alpha value is -2.27. The fourth-order valence-electron chi connectivity index (χ4n) is 1.74. The summed E-state index contributed by atoms with van der Waals surface area (Å²) in [6, 6.07) is 9.03. The minimum atomic E-state index is 0.119. The Kier molecular flexibility index (Phi) is 3.43. The van der Waals surface area contributed by atoms with Crippen molar-refractivity contribution in [3.63, 3.8) is 0 Å². The molecule has 2 heterocycles. The molecule has 3 aromatic rings. The quantitative estimate of drug-likeness (QED) is 0.736. The van der Waals surface area contributed by atoms with E-state index in [0.717, 1.165) is 5.69 Å². The Labute approximate surface area is 120 Å². The van der Waals surface area contributed by atoms with Crippen LogP contribution in [0.25, 0.3) is 11.1 Å². The highest BCUT2D eigenvalue weighted by molar-refractivity contribution is 6.28. The van der Waals surface area contributed by atoms with Crippen LogP contribution in [0, 0.1) is 0 Å². The highest BCUT2D eigenvalue weighted by atomic mass is 35.5. The van der Waals surface area contributed by atoms with Crippen LogP contribution >= 0.6 is 11.6 Å². The van der Waals surface area contributed by atoms with Crippen LogP contribution in [-0.4, -0.2) is 17.1 Å². The molecule has 5 nitrogen and oxygen atoms in total. The van der Waals surface area contributed by atoms with E-state index in [1.165, 1.54) is 0 Å². The average molecular weight is 291 g/mol. The summed E-state index contributed by atoms with van der Waals surface area (Å²) in [7, 11) is 1.60. The molecule has 0 aliphatic heterocycles. The first-order chi connectivity index (χ1) is 9.74. The van der Waals surface area contributed by atoms with E-state index >= 15 is 0 Å². The van der Waals surface area contributed by atoms with E-state index in [0.29, 0.717) is 29.2 Å². The number of pyridine rings is 1. The zero-order valence-corrected chi connectivity index (χ0v) is 11.4. The van der Waals surface area contributed by atoms with Crippen LogP contribution in [0.15, 0.2) is 40.9 Å². The summed E-state index contributed by atoms with van der Waals surface area (Å²) < 4.78 is 15.9. The molecule has 1 aromatic carbocycles. The number of halogens is 1. The predicted octanol–water partition coefficient (Wildman–Crippen LogP) is 3.46. The molecule has 3 rings (SSSR count). The van der Waals surface area contributed by atoms with E-state index < -0.39 is 0 Å². The number of benzene rings is 1. The number of nitrogens with zero attached hydrogens (tertiary/aromatic N) is 2. The third kappa shape index (κ3) is 2.67. The summed E-state index contributed by atoms with van der Waals surface area (Å²) in [6.07, 6.45) is 1.65. The van der Waals surface area contributed by atoms with Gasteiger partial charge in [0.05, 0.1) is 19.0 Å². The van der Waals surface area contributed by atoms with Crippen molar-refractivity contribution in [1.82, 2.24) is 9.97 Å². The van der Waals surface area contributed by atoms with E-state index in [2.05, 4.69) is 9.97 Å². The van der Waals surface area contributed by atoms with Gasteiger partial charge in [-0.3, -0.25) is 4.98 Å². The van der Waals surface area contributed by atoms with Gasteiger partial charge in [-0.2, -0.15) is 4.98 Å². The lowest BCUT2D eigenvalue weighted by Crippen LogP contribution is -1.98. The smallest absolute Gasteiger partial charge is 0.293 e. The molecule has 0 bridgehead atoms. The van der Waals surface area contributed by atoms with Gasteiger partial charge in [-0.25, -0.2) is 0 Å². The Morgan fingerprint density at radius 1 is 1.20 bits per heavy atom. The number of aromatic nitrogens is 2. The molecule has 0 radical (unpaired) electrons. The summed E-state index contributed by atoms with van der Waals surface area (Å²) in [5, 5.41) is 0.119. The zero-order valence-electron chi connectivity index (χ0n) is 10.7. The molecule has 0 saturated heterocycles. The number of ether oxygens (including phenoxy) is 2. The molecule has 0 N–H and O–H groups in total. The standard InChI is InChI=1S/C14H11ClN2O3/c1-18-11-3-2-9(16-7-11)8-19-10-4-5-13-12(6-10)17-14(15)20-13/h2-7H,8H2,1H3. The second-order valence-corrected chi connectivity index (χ2v) is 4.40. The summed E-state index contributed by atoms with van der Waals surface area (Å²) in [4.78, 5) is 8.26. The molecule has 0 aliphatic carbocycles. The van der Waals surface area contributed by atoms with E-state index in [1.807, 2.05) is 12.1 Å². The molecule has 0 fully saturated rings. The van der Waals surface area contributed by atoms with Crippen molar-refractivity contribution >= 4 is 22.7 Å². The van der Waals surface area contributed by atoms with Gasteiger partial charge in [0.2, 0.25) is 0 Å². The Morgan fingerprint density at radius 3 is 2.80 bits per heavy atom. The molecule has 0 spiro atoms. The third-order valence-corrected chi connectivity index (χ3v) is 2.91. The Bertz CT molecular complexity index is 725. The van der Waals surface area contributed by atoms with E-state index in [1.54, 1.807) is 31.5 Å². The summed E-state index contributed by atoms with van der Waals surface area (Å²) >= 11 is 5.70. The van der Waals surface area contributed by atoms with Gasteiger partial charge < -0.3 is 13.9 Å². The minimum absolute atomic E-state index is 0.119. The lowest BCUT2D eigenvalue weighted by molar-refractivity contribution is 0.301. The molecule has 0 aliphatic rings. The van der Waals surface area contributed by atoms with Gasteiger partial charge in [0.25, 0.3) is 5.35 Å². The Morgan fingerprint density at radius 2 is 2.05 bits per heavy atom. The Balaban J connectivity index is 1.72. The van der Waals surface area contributed by atoms with Crippen LogP contribution in [-0.2, 0) is 6.61 Å². The first kappa shape index (κ1) is 12.7. The van der Waals surface area contributed by atoms with Gasteiger partial charge >= 0.3 is 0 Å².